The van der Waals surface area contributed by atoms with E-state index < -0.39 is 6.03 Å². The third-order valence-corrected chi connectivity index (χ3v) is 3.47. The Morgan fingerprint density at radius 2 is 1.81 bits per heavy atom. The molecule has 0 aliphatic carbocycles. The molecule has 2 N–H and O–H groups in total. The molecule has 0 unspecified atom stereocenters. The fraction of sp³-hybridized carbons (Fsp3) is 0.308. The first-order chi connectivity index (χ1) is 10.0. The van der Waals surface area contributed by atoms with Crippen LogP contribution in [0.1, 0.15) is 10.6 Å². The molecule has 1 aromatic heterocycles. The van der Waals surface area contributed by atoms with E-state index in [1.165, 1.54) is 18.4 Å². The molecular formula is C13H16N4O3S. The Kier molecular flexibility index (Phi) is 4.59. The van der Waals surface area contributed by atoms with Crippen LogP contribution in [0.5, 0.6) is 11.5 Å². The molecule has 0 saturated heterocycles. The number of ether oxygens (including phenoxy) is 2. The zero-order valence-corrected chi connectivity index (χ0v) is 13.0. The van der Waals surface area contributed by atoms with Crippen LogP contribution in [0.4, 0.5) is 15.6 Å². The molecule has 0 bridgehead atoms. The van der Waals surface area contributed by atoms with E-state index in [0.717, 1.165) is 10.6 Å². The summed E-state index contributed by atoms with van der Waals surface area (Å²) < 4.78 is 10.5. The summed E-state index contributed by atoms with van der Waals surface area (Å²) in [6.45, 7) is 3.70. The van der Waals surface area contributed by atoms with Crippen molar-refractivity contribution in [1.82, 2.24) is 10.2 Å². The average Bonchev–Trinajstić information content (AvgIpc) is 2.84. The Labute approximate surface area is 126 Å². The van der Waals surface area contributed by atoms with Gasteiger partial charge in [-0.1, -0.05) is 11.3 Å². The molecule has 2 rings (SSSR count). The lowest BCUT2D eigenvalue weighted by atomic mass is 10.2. The number of aromatic nitrogens is 2. The highest BCUT2D eigenvalue weighted by molar-refractivity contribution is 7.15. The van der Waals surface area contributed by atoms with Crippen molar-refractivity contribution >= 4 is 28.2 Å². The highest BCUT2D eigenvalue weighted by Gasteiger charge is 2.12. The number of carbonyl (C=O) groups excluding carboxylic acids is 1. The number of amides is 2. The molecule has 2 amide bonds. The number of hydrogen-bond acceptors (Lipinski definition) is 6. The number of rotatable bonds is 4. The van der Waals surface area contributed by atoms with Crippen LogP contribution in [0.15, 0.2) is 12.1 Å². The first-order valence-electron chi connectivity index (χ1n) is 6.14. The van der Waals surface area contributed by atoms with Crippen LogP contribution in [-0.4, -0.2) is 30.4 Å². The minimum absolute atomic E-state index is 0.408. The van der Waals surface area contributed by atoms with E-state index in [-0.39, 0.29) is 0 Å². The predicted molar refractivity (Wildman–Crippen MR) is 81.6 cm³/mol. The van der Waals surface area contributed by atoms with Gasteiger partial charge in [0.05, 0.1) is 19.9 Å². The number of nitrogens with one attached hydrogen (secondary N) is 2. The normalized spacial score (nSPS) is 10.1. The van der Waals surface area contributed by atoms with Crippen molar-refractivity contribution in [3.8, 4) is 11.5 Å². The second-order valence-corrected chi connectivity index (χ2v) is 5.41. The summed E-state index contributed by atoms with van der Waals surface area (Å²) in [6.07, 6.45) is 0. The Morgan fingerprint density at radius 1 is 1.10 bits per heavy atom. The summed E-state index contributed by atoms with van der Waals surface area (Å²) in [4.78, 5) is 12.0. The van der Waals surface area contributed by atoms with Crippen LogP contribution >= 0.6 is 11.3 Å². The van der Waals surface area contributed by atoms with Crippen molar-refractivity contribution in [2.24, 2.45) is 0 Å². The zero-order chi connectivity index (χ0) is 15.4. The van der Waals surface area contributed by atoms with Crippen LogP contribution in [0.25, 0.3) is 0 Å². The van der Waals surface area contributed by atoms with Gasteiger partial charge in [0.2, 0.25) is 5.13 Å². The van der Waals surface area contributed by atoms with Gasteiger partial charge < -0.3 is 14.8 Å². The van der Waals surface area contributed by atoms with Crippen molar-refractivity contribution in [3.05, 3.63) is 22.7 Å². The van der Waals surface area contributed by atoms with Gasteiger partial charge in [0.1, 0.15) is 16.5 Å². The maximum absolute atomic E-state index is 12.0. The minimum Gasteiger partial charge on any atom is -0.496 e. The van der Waals surface area contributed by atoms with Crippen LogP contribution in [0, 0.1) is 13.8 Å². The SMILES string of the molecule is COc1cc(OC)c(NC(=O)Nc2nnc(C)s2)cc1C. The highest BCUT2D eigenvalue weighted by Crippen LogP contribution is 2.32. The second kappa shape index (κ2) is 6.40. The van der Waals surface area contributed by atoms with Crippen LogP contribution in [0.2, 0.25) is 0 Å². The third kappa shape index (κ3) is 3.60. The van der Waals surface area contributed by atoms with Gasteiger partial charge in [-0.05, 0) is 25.5 Å². The molecule has 0 radical (unpaired) electrons. The molecule has 1 heterocycles. The van der Waals surface area contributed by atoms with E-state index in [2.05, 4.69) is 20.8 Å². The molecule has 112 valence electrons. The molecule has 8 heteroatoms. The van der Waals surface area contributed by atoms with Crippen LogP contribution in [-0.2, 0) is 0 Å². The molecular weight excluding hydrogens is 292 g/mol. The lowest BCUT2D eigenvalue weighted by Crippen LogP contribution is -2.19. The first-order valence-corrected chi connectivity index (χ1v) is 6.96. The monoisotopic (exact) mass is 308 g/mol. The molecule has 21 heavy (non-hydrogen) atoms. The molecule has 0 atom stereocenters. The molecule has 7 nitrogen and oxygen atoms in total. The maximum atomic E-state index is 12.0. The van der Waals surface area contributed by atoms with Gasteiger partial charge in [-0.15, -0.1) is 10.2 Å². The Bertz CT molecular complexity index is 657. The Balaban J connectivity index is 2.14. The lowest BCUT2D eigenvalue weighted by molar-refractivity contribution is 0.262. The van der Waals surface area contributed by atoms with Gasteiger partial charge in [0.15, 0.2) is 0 Å². The highest BCUT2D eigenvalue weighted by atomic mass is 32.1. The number of hydrogen-bond donors (Lipinski definition) is 2. The number of anilines is 2. The Hall–Kier alpha value is -2.35. The predicted octanol–water partition coefficient (Wildman–Crippen LogP) is 2.82. The number of methoxy groups -OCH3 is 2. The smallest absolute Gasteiger partial charge is 0.325 e. The lowest BCUT2D eigenvalue weighted by Gasteiger charge is -2.13. The summed E-state index contributed by atoms with van der Waals surface area (Å²) in [6, 6.07) is 3.09. The molecule has 2 aromatic rings. The quantitative estimate of drug-likeness (QED) is 0.907. The third-order valence-electron chi connectivity index (χ3n) is 2.71. The summed E-state index contributed by atoms with van der Waals surface area (Å²) in [5.41, 5.74) is 1.44. The van der Waals surface area contributed by atoms with Crippen molar-refractivity contribution in [2.75, 3.05) is 24.9 Å². The minimum atomic E-state index is -0.408. The van der Waals surface area contributed by atoms with Crippen molar-refractivity contribution in [1.29, 1.82) is 0 Å². The molecule has 0 aliphatic heterocycles. The summed E-state index contributed by atoms with van der Waals surface area (Å²) >= 11 is 1.30. The molecule has 1 aromatic carbocycles. The van der Waals surface area contributed by atoms with Gasteiger partial charge in [0, 0.05) is 6.07 Å². The van der Waals surface area contributed by atoms with Crippen LogP contribution < -0.4 is 20.1 Å². The number of nitrogens with zero attached hydrogens (tertiary/aromatic N) is 2. The number of benzene rings is 1. The van der Waals surface area contributed by atoms with E-state index in [9.17, 15) is 4.79 Å². The van der Waals surface area contributed by atoms with Crippen molar-refractivity contribution < 1.29 is 14.3 Å². The van der Waals surface area contributed by atoms with Gasteiger partial charge in [0.25, 0.3) is 0 Å². The topological polar surface area (TPSA) is 85.4 Å². The Morgan fingerprint density at radius 3 is 2.38 bits per heavy atom. The molecule has 0 aliphatic rings. The number of urea groups is 1. The fourth-order valence-corrected chi connectivity index (χ4v) is 2.34. The largest absolute Gasteiger partial charge is 0.496 e. The van der Waals surface area contributed by atoms with Gasteiger partial charge in [-0.3, -0.25) is 5.32 Å². The summed E-state index contributed by atoms with van der Waals surface area (Å²) in [5, 5.41) is 14.2. The zero-order valence-electron chi connectivity index (χ0n) is 12.2. The van der Waals surface area contributed by atoms with E-state index in [4.69, 9.17) is 9.47 Å². The molecule has 0 spiro atoms. The van der Waals surface area contributed by atoms with E-state index >= 15 is 0 Å². The number of carbonyl (C=O) groups is 1. The first kappa shape index (κ1) is 15.0. The summed E-state index contributed by atoms with van der Waals surface area (Å²) in [7, 11) is 3.11. The van der Waals surface area contributed by atoms with Crippen molar-refractivity contribution in [2.45, 2.75) is 13.8 Å². The van der Waals surface area contributed by atoms with Crippen LogP contribution in [0.3, 0.4) is 0 Å². The number of aryl methyl sites for hydroxylation is 2. The van der Waals surface area contributed by atoms with Crippen molar-refractivity contribution in [3.63, 3.8) is 0 Å². The fourth-order valence-electron chi connectivity index (χ4n) is 1.75. The van der Waals surface area contributed by atoms with Gasteiger partial charge in [-0.25, -0.2) is 4.79 Å². The standard InChI is InChI=1S/C13H16N4O3S/c1-7-5-9(11(20-4)6-10(7)19-3)14-12(18)15-13-17-16-8(2)21-13/h5-6H,1-4H3,(H2,14,15,17,18). The van der Waals surface area contributed by atoms with E-state index in [1.807, 2.05) is 13.8 Å². The molecule has 0 saturated carbocycles. The maximum Gasteiger partial charge on any atom is 0.325 e. The second-order valence-electron chi connectivity index (χ2n) is 4.23. The molecule has 0 fully saturated rings. The van der Waals surface area contributed by atoms with E-state index in [1.54, 1.807) is 19.2 Å². The summed E-state index contributed by atoms with van der Waals surface area (Å²) in [5.74, 6) is 1.21. The van der Waals surface area contributed by atoms with Gasteiger partial charge in [-0.2, -0.15) is 0 Å². The van der Waals surface area contributed by atoms with Gasteiger partial charge >= 0.3 is 6.03 Å². The van der Waals surface area contributed by atoms with E-state index in [0.29, 0.717) is 22.3 Å². The average molecular weight is 308 g/mol.